The highest BCUT2D eigenvalue weighted by atomic mass is 31.1. The average molecular weight is 365 g/mol. The predicted molar refractivity (Wildman–Crippen MR) is 111 cm³/mol. The summed E-state index contributed by atoms with van der Waals surface area (Å²) in [7, 11) is 2.71. The Morgan fingerprint density at radius 2 is 1.00 bits per heavy atom. The third-order valence-electron chi connectivity index (χ3n) is 4.34. The number of rotatable bonds is 6. The molecule has 0 amide bonds. The molecule has 134 valence electrons. The van der Waals surface area contributed by atoms with Crippen LogP contribution in [0.5, 0.6) is 11.5 Å². The van der Waals surface area contributed by atoms with Crippen LogP contribution in [0.2, 0.25) is 0 Å². The Labute approximate surface area is 156 Å². The molecule has 3 rings (SSSR count). The summed E-state index contributed by atoms with van der Waals surface area (Å²) in [6.07, 6.45) is 0. The summed E-state index contributed by atoms with van der Waals surface area (Å²) in [4.78, 5) is 0. The summed E-state index contributed by atoms with van der Waals surface area (Å²) < 4.78 is 10.6. The molecule has 3 aromatic rings. The molecule has 26 heavy (non-hydrogen) atoms. The van der Waals surface area contributed by atoms with E-state index in [1.54, 1.807) is 14.2 Å². The van der Waals surface area contributed by atoms with Crippen LogP contribution in [0.3, 0.4) is 0 Å². The number of nitrogens with two attached hydrogens (primary N) is 1. The largest absolute Gasteiger partial charge is 0.497 e. The van der Waals surface area contributed by atoms with E-state index in [-0.39, 0.29) is 6.04 Å². The van der Waals surface area contributed by atoms with Gasteiger partial charge < -0.3 is 15.2 Å². The van der Waals surface area contributed by atoms with Gasteiger partial charge in [-0.05, 0) is 60.6 Å². The second kappa shape index (κ2) is 8.35. The number of hydrogen-bond acceptors (Lipinski definition) is 3. The Hall–Kier alpha value is -2.35. The first kappa shape index (κ1) is 18.4. The van der Waals surface area contributed by atoms with E-state index in [4.69, 9.17) is 15.2 Å². The van der Waals surface area contributed by atoms with Crippen molar-refractivity contribution in [2.75, 3.05) is 14.2 Å². The Bertz CT molecular complexity index is 780. The van der Waals surface area contributed by atoms with Crippen molar-refractivity contribution in [1.29, 1.82) is 0 Å². The van der Waals surface area contributed by atoms with Gasteiger partial charge in [0.15, 0.2) is 0 Å². The molecular weight excluding hydrogens is 341 g/mol. The lowest BCUT2D eigenvalue weighted by Gasteiger charge is -2.20. The minimum atomic E-state index is -0.664. The van der Waals surface area contributed by atoms with E-state index in [1.807, 2.05) is 31.2 Å². The van der Waals surface area contributed by atoms with Gasteiger partial charge in [0.2, 0.25) is 0 Å². The summed E-state index contributed by atoms with van der Waals surface area (Å²) in [5.41, 5.74) is 7.15. The molecule has 0 aromatic heterocycles. The lowest BCUT2D eigenvalue weighted by molar-refractivity contribution is 0.415. The smallest absolute Gasteiger partial charge is 0.118 e. The first-order valence-electron chi connectivity index (χ1n) is 8.56. The van der Waals surface area contributed by atoms with E-state index in [9.17, 15) is 0 Å². The fourth-order valence-electron chi connectivity index (χ4n) is 2.84. The van der Waals surface area contributed by atoms with Crippen molar-refractivity contribution >= 4 is 23.8 Å². The molecule has 0 fully saturated rings. The van der Waals surface area contributed by atoms with Crippen LogP contribution < -0.4 is 31.1 Å². The molecule has 3 nitrogen and oxygen atoms in total. The van der Waals surface area contributed by atoms with Crippen molar-refractivity contribution in [2.45, 2.75) is 13.0 Å². The average Bonchev–Trinajstić information content (AvgIpc) is 2.69. The number of methoxy groups -OCH3 is 2. The standard InChI is InChI=1S/C22H24NO2P/c1-16(23)17-4-10-20(11-5-17)26(21-12-6-18(24-2)7-13-21)22-14-8-19(25-3)9-15-22/h4-16H,23H2,1-3H3/t16-/m0/s1. The second-order valence-electron chi connectivity index (χ2n) is 6.11. The third-order valence-corrected chi connectivity index (χ3v) is 6.78. The maximum atomic E-state index is 6.00. The van der Waals surface area contributed by atoms with Gasteiger partial charge >= 0.3 is 0 Å². The van der Waals surface area contributed by atoms with Crippen LogP contribution >= 0.6 is 7.92 Å². The summed E-state index contributed by atoms with van der Waals surface area (Å²) in [5, 5.41) is 3.85. The van der Waals surface area contributed by atoms with Gasteiger partial charge in [-0.2, -0.15) is 0 Å². The van der Waals surface area contributed by atoms with Crippen LogP contribution in [0, 0.1) is 0 Å². The van der Waals surface area contributed by atoms with E-state index in [0.29, 0.717) is 0 Å². The van der Waals surface area contributed by atoms with E-state index < -0.39 is 7.92 Å². The zero-order valence-electron chi connectivity index (χ0n) is 15.3. The summed E-state index contributed by atoms with van der Waals surface area (Å²) in [6.45, 7) is 2.00. The maximum Gasteiger partial charge on any atom is 0.118 e. The van der Waals surface area contributed by atoms with E-state index in [1.165, 1.54) is 15.9 Å². The molecule has 0 saturated heterocycles. The van der Waals surface area contributed by atoms with Crippen molar-refractivity contribution < 1.29 is 9.47 Å². The molecule has 0 unspecified atom stereocenters. The maximum absolute atomic E-state index is 6.00. The molecule has 1 atom stereocenters. The Balaban J connectivity index is 2.04. The van der Waals surface area contributed by atoms with Crippen LogP contribution in [-0.2, 0) is 0 Å². The normalized spacial score (nSPS) is 12.0. The van der Waals surface area contributed by atoms with E-state index in [0.717, 1.165) is 17.1 Å². The van der Waals surface area contributed by atoms with Gasteiger partial charge in [-0.25, -0.2) is 0 Å². The first-order chi connectivity index (χ1) is 12.6. The molecular formula is C22H24NO2P. The Morgan fingerprint density at radius 3 is 1.31 bits per heavy atom. The number of ether oxygens (including phenoxy) is 2. The fourth-order valence-corrected chi connectivity index (χ4v) is 5.07. The summed E-state index contributed by atoms with van der Waals surface area (Å²) in [5.74, 6) is 1.73. The molecule has 0 aliphatic rings. The van der Waals surface area contributed by atoms with Gasteiger partial charge in [0.05, 0.1) is 14.2 Å². The van der Waals surface area contributed by atoms with Gasteiger partial charge in [0, 0.05) is 6.04 Å². The SMILES string of the molecule is COc1ccc(P(c2ccc(OC)cc2)c2ccc([C@H](C)N)cc2)cc1. The van der Waals surface area contributed by atoms with Gasteiger partial charge in [0.25, 0.3) is 0 Å². The number of benzene rings is 3. The molecule has 0 aliphatic carbocycles. The van der Waals surface area contributed by atoms with Crippen molar-refractivity contribution in [1.82, 2.24) is 0 Å². The van der Waals surface area contributed by atoms with Crippen molar-refractivity contribution in [2.24, 2.45) is 5.73 Å². The second-order valence-corrected chi connectivity index (χ2v) is 8.33. The highest BCUT2D eigenvalue weighted by Crippen LogP contribution is 2.34. The highest BCUT2D eigenvalue weighted by molar-refractivity contribution is 7.79. The molecule has 0 heterocycles. The molecule has 0 saturated carbocycles. The lowest BCUT2D eigenvalue weighted by atomic mass is 10.1. The van der Waals surface area contributed by atoms with Crippen molar-refractivity contribution in [3.63, 3.8) is 0 Å². The fraction of sp³-hybridized carbons (Fsp3) is 0.182. The molecule has 4 heteroatoms. The van der Waals surface area contributed by atoms with Crippen LogP contribution in [0.25, 0.3) is 0 Å². The predicted octanol–water partition coefficient (Wildman–Crippen LogP) is 3.48. The van der Waals surface area contributed by atoms with Gasteiger partial charge in [0.1, 0.15) is 11.5 Å². The minimum Gasteiger partial charge on any atom is -0.497 e. The molecule has 3 aromatic carbocycles. The molecule has 0 radical (unpaired) electrons. The highest BCUT2D eigenvalue weighted by Gasteiger charge is 2.17. The van der Waals surface area contributed by atoms with Gasteiger partial charge in [-0.15, -0.1) is 0 Å². The molecule has 0 bridgehead atoms. The topological polar surface area (TPSA) is 44.5 Å². The quantitative estimate of drug-likeness (QED) is 0.680. The van der Waals surface area contributed by atoms with Gasteiger partial charge in [-0.3, -0.25) is 0 Å². The third kappa shape index (κ3) is 4.07. The first-order valence-corrected chi connectivity index (χ1v) is 9.90. The molecule has 2 N–H and O–H groups in total. The minimum absolute atomic E-state index is 0.0391. The van der Waals surface area contributed by atoms with Crippen molar-refractivity contribution in [3.05, 3.63) is 78.4 Å². The van der Waals surface area contributed by atoms with Crippen LogP contribution in [0.1, 0.15) is 18.5 Å². The lowest BCUT2D eigenvalue weighted by Crippen LogP contribution is -2.21. The van der Waals surface area contributed by atoms with Crippen LogP contribution in [0.4, 0.5) is 0 Å². The van der Waals surface area contributed by atoms with Crippen molar-refractivity contribution in [3.8, 4) is 11.5 Å². The van der Waals surface area contributed by atoms with Crippen LogP contribution in [0.15, 0.2) is 72.8 Å². The molecule has 0 aliphatic heterocycles. The monoisotopic (exact) mass is 365 g/mol. The van der Waals surface area contributed by atoms with E-state index in [2.05, 4.69) is 48.5 Å². The summed E-state index contributed by atoms with van der Waals surface area (Å²) in [6, 6.07) is 25.3. The molecule has 0 spiro atoms. The van der Waals surface area contributed by atoms with Gasteiger partial charge in [-0.1, -0.05) is 48.5 Å². The Morgan fingerprint density at radius 1 is 0.654 bits per heavy atom. The number of hydrogen-bond donors (Lipinski definition) is 1. The van der Waals surface area contributed by atoms with E-state index >= 15 is 0 Å². The van der Waals surface area contributed by atoms with Crippen LogP contribution in [-0.4, -0.2) is 14.2 Å². The Kier molecular flexibility index (Phi) is 5.92. The zero-order valence-corrected chi connectivity index (χ0v) is 16.2. The zero-order chi connectivity index (χ0) is 18.5. The summed E-state index contributed by atoms with van der Waals surface area (Å²) >= 11 is 0.